The van der Waals surface area contributed by atoms with E-state index in [4.69, 9.17) is 0 Å². The highest BCUT2D eigenvalue weighted by atomic mass is 14.0. The molecule has 179 valence electrons. The Morgan fingerprint density at radius 1 is 0.367 bits per heavy atom. The maximum absolute atomic E-state index is 3.92. The highest BCUT2D eigenvalue weighted by Gasteiger charge is 1.95. The summed E-state index contributed by atoms with van der Waals surface area (Å²) in [5.41, 5.74) is 0. The Balaban J connectivity index is 3.04. The lowest BCUT2D eigenvalue weighted by Crippen LogP contribution is -1.84. The fourth-order valence-corrected chi connectivity index (χ4v) is 4.37. The van der Waals surface area contributed by atoms with Crippen molar-refractivity contribution < 1.29 is 0 Å². The molecule has 0 spiro atoms. The third kappa shape index (κ3) is 27.7. The molecule has 0 heteroatoms. The average Bonchev–Trinajstić information content (AvgIpc) is 2.76. The molecular weight excluding hydrogens is 360 g/mol. The Morgan fingerprint density at radius 2 is 0.633 bits per heavy atom. The lowest BCUT2D eigenvalue weighted by atomic mass is 10.0. The van der Waals surface area contributed by atoms with Gasteiger partial charge in [0.1, 0.15) is 0 Å². The van der Waals surface area contributed by atoms with Crippen LogP contribution in [-0.4, -0.2) is 0 Å². The van der Waals surface area contributed by atoms with Crippen LogP contribution in [0.2, 0.25) is 0 Å². The van der Waals surface area contributed by atoms with E-state index in [1.165, 1.54) is 161 Å². The molecule has 30 heavy (non-hydrogen) atoms. The molecule has 0 aromatic rings. The van der Waals surface area contributed by atoms with Gasteiger partial charge in [0, 0.05) is 0 Å². The second-order valence-electron chi connectivity index (χ2n) is 9.68. The second-order valence-corrected chi connectivity index (χ2v) is 9.68. The topological polar surface area (TPSA) is 0 Å². The van der Waals surface area contributed by atoms with Gasteiger partial charge in [-0.1, -0.05) is 167 Å². The van der Waals surface area contributed by atoms with E-state index in [2.05, 4.69) is 26.0 Å². The van der Waals surface area contributed by atoms with Gasteiger partial charge in [0.25, 0.3) is 0 Å². The third-order valence-corrected chi connectivity index (χ3v) is 6.51. The Morgan fingerprint density at radius 3 is 0.933 bits per heavy atom. The molecule has 0 fully saturated rings. The van der Waals surface area contributed by atoms with Crippen molar-refractivity contribution >= 4 is 0 Å². The van der Waals surface area contributed by atoms with Crippen LogP contribution in [0.4, 0.5) is 0 Å². The van der Waals surface area contributed by atoms with Crippen LogP contribution in [0.15, 0.2) is 12.2 Å². The van der Waals surface area contributed by atoms with E-state index in [0.29, 0.717) is 0 Å². The first kappa shape index (κ1) is 29.7. The number of rotatable bonds is 26. The van der Waals surface area contributed by atoms with E-state index in [0.717, 1.165) is 6.42 Å². The van der Waals surface area contributed by atoms with Crippen molar-refractivity contribution in [2.24, 2.45) is 0 Å². The monoisotopic (exact) mass is 419 g/mol. The van der Waals surface area contributed by atoms with E-state index in [1.54, 1.807) is 0 Å². The summed E-state index contributed by atoms with van der Waals surface area (Å²) < 4.78 is 0. The van der Waals surface area contributed by atoms with Crippen LogP contribution in [0.5, 0.6) is 0 Å². The maximum Gasteiger partial charge on any atom is -0.0351 e. The quantitative estimate of drug-likeness (QED) is 0.0965. The second kappa shape index (κ2) is 28.7. The summed E-state index contributed by atoms with van der Waals surface area (Å²) in [6.45, 7) is 6.21. The number of hydrogen-bond acceptors (Lipinski definition) is 0. The fourth-order valence-electron chi connectivity index (χ4n) is 4.37. The zero-order chi connectivity index (χ0) is 21.8. The van der Waals surface area contributed by atoms with Crippen molar-refractivity contribution in [1.82, 2.24) is 0 Å². The Kier molecular flexibility index (Phi) is 28.5. The molecular formula is C30H59. The van der Waals surface area contributed by atoms with E-state index in [9.17, 15) is 0 Å². The minimum atomic E-state index is 1.12. The molecule has 0 heterocycles. The van der Waals surface area contributed by atoms with Crippen molar-refractivity contribution in [2.45, 2.75) is 174 Å². The standard InChI is InChI=1S/C30H59/c1-3-5-7-9-11-13-15-17-19-21-23-25-27-29-30-28-26-24-22-20-18-16-14-12-10-8-6-4-2/h18,20H,1,3-17,19,21-30H2,2H3. The molecule has 0 atom stereocenters. The zero-order valence-electron chi connectivity index (χ0n) is 21.2. The van der Waals surface area contributed by atoms with Gasteiger partial charge >= 0.3 is 0 Å². The molecule has 0 aromatic heterocycles. The highest BCUT2D eigenvalue weighted by Crippen LogP contribution is 2.14. The molecule has 0 aliphatic carbocycles. The van der Waals surface area contributed by atoms with Gasteiger partial charge in [-0.2, -0.15) is 0 Å². The van der Waals surface area contributed by atoms with Crippen LogP contribution in [-0.2, 0) is 0 Å². The minimum absolute atomic E-state index is 1.12. The predicted molar refractivity (Wildman–Crippen MR) is 140 cm³/mol. The maximum atomic E-state index is 3.92. The molecule has 1 radical (unpaired) electrons. The molecule has 0 aliphatic rings. The van der Waals surface area contributed by atoms with Gasteiger partial charge in [-0.3, -0.25) is 0 Å². The van der Waals surface area contributed by atoms with Crippen molar-refractivity contribution in [3.8, 4) is 0 Å². The summed E-state index contributed by atoms with van der Waals surface area (Å²) >= 11 is 0. The van der Waals surface area contributed by atoms with E-state index >= 15 is 0 Å². The van der Waals surface area contributed by atoms with Crippen molar-refractivity contribution in [1.29, 1.82) is 0 Å². The molecule has 0 nitrogen and oxygen atoms in total. The van der Waals surface area contributed by atoms with Crippen LogP contribution in [0.1, 0.15) is 174 Å². The van der Waals surface area contributed by atoms with Gasteiger partial charge in [0.15, 0.2) is 0 Å². The first-order valence-corrected chi connectivity index (χ1v) is 14.4. The van der Waals surface area contributed by atoms with Crippen LogP contribution >= 0.6 is 0 Å². The lowest BCUT2D eigenvalue weighted by molar-refractivity contribution is 0.526. The largest absolute Gasteiger partial charge is 0.0885 e. The van der Waals surface area contributed by atoms with Gasteiger partial charge in [-0.05, 0) is 25.7 Å². The van der Waals surface area contributed by atoms with Gasteiger partial charge in [0.2, 0.25) is 0 Å². The average molecular weight is 420 g/mol. The Labute approximate surface area is 193 Å². The molecule has 0 aromatic carbocycles. The molecule has 0 saturated heterocycles. The number of hydrogen-bond donors (Lipinski definition) is 0. The molecule has 0 aliphatic heterocycles. The Bertz CT molecular complexity index is 303. The van der Waals surface area contributed by atoms with Crippen LogP contribution in [0.25, 0.3) is 0 Å². The molecule has 0 saturated carbocycles. The lowest BCUT2D eigenvalue weighted by Gasteiger charge is -2.03. The first-order chi connectivity index (χ1) is 14.9. The van der Waals surface area contributed by atoms with Gasteiger partial charge in [-0.15, -0.1) is 0 Å². The van der Waals surface area contributed by atoms with Crippen molar-refractivity contribution in [3.63, 3.8) is 0 Å². The summed E-state index contributed by atoms with van der Waals surface area (Å²) in [6.07, 6.45) is 41.8. The summed E-state index contributed by atoms with van der Waals surface area (Å²) in [7, 11) is 0. The van der Waals surface area contributed by atoms with Gasteiger partial charge < -0.3 is 0 Å². The van der Waals surface area contributed by atoms with E-state index in [1.807, 2.05) is 0 Å². The van der Waals surface area contributed by atoms with Crippen molar-refractivity contribution in [2.75, 3.05) is 0 Å². The summed E-state index contributed by atoms with van der Waals surface area (Å²) in [5.74, 6) is 0. The predicted octanol–water partition coefficient (Wildman–Crippen LogP) is 11.5. The van der Waals surface area contributed by atoms with E-state index < -0.39 is 0 Å². The first-order valence-electron chi connectivity index (χ1n) is 14.4. The number of unbranched alkanes of at least 4 members (excludes halogenated alkanes) is 24. The normalized spacial score (nSPS) is 11.7. The molecule has 0 bridgehead atoms. The fraction of sp³-hybridized carbons (Fsp3) is 0.900. The summed E-state index contributed by atoms with van der Waals surface area (Å²) in [5, 5.41) is 0. The minimum Gasteiger partial charge on any atom is -0.0885 e. The molecule has 0 rings (SSSR count). The number of allylic oxidation sites excluding steroid dienone is 2. The zero-order valence-corrected chi connectivity index (χ0v) is 21.2. The Hall–Kier alpha value is -0.260. The van der Waals surface area contributed by atoms with Gasteiger partial charge in [-0.25, -0.2) is 0 Å². The van der Waals surface area contributed by atoms with Crippen LogP contribution in [0.3, 0.4) is 0 Å². The van der Waals surface area contributed by atoms with Gasteiger partial charge in [0.05, 0.1) is 0 Å². The SMILES string of the molecule is [CH2]CCCCCCCCCCCCCCCCCCCC=CCCCCCCCC. The molecule has 0 unspecified atom stereocenters. The summed E-state index contributed by atoms with van der Waals surface area (Å²) in [6, 6.07) is 0. The smallest absolute Gasteiger partial charge is 0.0351 e. The molecule has 0 N–H and O–H groups in total. The third-order valence-electron chi connectivity index (χ3n) is 6.51. The van der Waals surface area contributed by atoms with Crippen LogP contribution in [0, 0.1) is 6.92 Å². The molecule has 0 amide bonds. The van der Waals surface area contributed by atoms with Crippen LogP contribution < -0.4 is 0 Å². The van der Waals surface area contributed by atoms with E-state index in [-0.39, 0.29) is 0 Å². The van der Waals surface area contributed by atoms with Crippen molar-refractivity contribution in [3.05, 3.63) is 19.1 Å². The summed E-state index contributed by atoms with van der Waals surface area (Å²) in [4.78, 5) is 0. The highest BCUT2D eigenvalue weighted by molar-refractivity contribution is 4.81.